The standard InChI is InChI=1S/C15H20ClNO2S/c1-20-12-6-7-14(16)13(9-12)15(19)17-8-4-2-3-5-11(17)10-18/h6-7,9,11,18H,2-5,8,10H2,1H3. The molecule has 1 aromatic rings. The molecule has 110 valence electrons. The van der Waals surface area contributed by atoms with Crippen LogP contribution in [0.3, 0.4) is 0 Å². The maximum atomic E-state index is 12.7. The lowest BCUT2D eigenvalue weighted by atomic mass is 10.1. The molecule has 0 saturated carbocycles. The number of thioether (sulfide) groups is 1. The van der Waals surface area contributed by atoms with Gasteiger partial charge in [-0.05, 0) is 37.3 Å². The van der Waals surface area contributed by atoms with Gasteiger partial charge < -0.3 is 10.0 Å². The van der Waals surface area contributed by atoms with Gasteiger partial charge >= 0.3 is 0 Å². The number of aliphatic hydroxyl groups is 1. The van der Waals surface area contributed by atoms with Crippen molar-refractivity contribution in [2.45, 2.75) is 36.6 Å². The number of aliphatic hydroxyl groups excluding tert-OH is 1. The molecule has 0 radical (unpaired) electrons. The molecule has 1 heterocycles. The molecular formula is C15H20ClNO2S. The van der Waals surface area contributed by atoms with Gasteiger partial charge in [-0.25, -0.2) is 0 Å². The molecule has 20 heavy (non-hydrogen) atoms. The molecule has 2 rings (SSSR count). The minimum atomic E-state index is -0.0843. The first-order chi connectivity index (χ1) is 9.67. The minimum absolute atomic E-state index is 0.0194. The molecule has 1 unspecified atom stereocenters. The van der Waals surface area contributed by atoms with E-state index < -0.39 is 0 Å². The number of carbonyl (C=O) groups excluding carboxylic acids is 1. The Hall–Kier alpha value is -0.710. The van der Waals surface area contributed by atoms with Crippen molar-refractivity contribution in [3.05, 3.63) is 28.8 Å². The van der Waals surface area contributed by atoms with Crippen LogP contribution in [0.2, 0.25) is 5.02 Å². The van der Waals surface area contributed by atoms with Crippen LogP contribution in [0.25, 0.3) is 0 Å². The quantitative estimate of drug-likeness (QED) is 0.869. The average Bonchev–Trinajstić information content (AvgIpc) is 2.72. The molecule has 3 nitrogen and oxygen atoms in total. The highest BCUT2D eigenvalue weighted by atomic mass is 35.5. The van der Waals surface area contributed by atoms with Gasteiger partial charge in [-0.3, -0.25) is 4.79 Å². The molecule has 1 N–H and O–H groups in total. The molecule has 0 aliphatic carbocycles. The third kappa shape index (κ3) is 3.48. The maximum absolute atomic E-state index is 12.7. The Balaban J connectivity index is 2.28. The summed E-state index contributed by atoms with van der Waals surface area (Å²) in [5.41, 5.74) is 0.541. The monoisotopic (exact) mass is 313 g/mol. The summed E-state index contributed by atoms with van der Waals surface area (Å²) in [6.45, 7) is 0.718. The smallest absolute Gasteiger partial charge is 0.255 e. The molecule has 1 aromatic carbocycles. The summed E-state index contributed by atoms with van der Waals surface area (Å²) in [7, 11) is 0. The molecule has 1 fully saturated rings. The second-order valence-electron chi connectivity index (χ2n) is 5.03. The lowest BCUT2D eigenvalue weighted by Crippen LogP contribution is -2.42. The van der Waals surface area contributed by atoms with Crippen LogP contribution in [-0.2, 0) is 0 Å². The summed E-state index contributed by atoms with van der Waals surface area (Å²) >= 11 is 7.77. The average molecular weight is 314 g/mol. The Labute approximate surface area is 129 Å². The van der Waals surface area contributed by atoms with Crippen LogP contribution >= 0.6 is 23.4 Å². The zero-order valence-corrected chi connectivity index (χ0v) is 13.2. The molecule has 1 amide bonds. The van der Waals surface area contributed by atoms with Crippen LogP contribution < -0.4 is 0 Å². The van der Waals surface area contributed by atoms with Gasteiger partial charge in [0.05, 0.1) is 23.2 Å². The van der Waals surface area contributed by atoms with Gasteiger partial charge in [0.25, 0.3) is 5.91 Å². The Kier molecular flexibility index (Phi) is 5.75. The predicted octanol–water partition coefficient (Wildman–Crippen LogP) is 3.44. The topological polar surface area (TPSA) is 40.5 Å². The van der Waals surface area contributed by atoms with Crippen LogP contribution in [0.1, 0.15) is 36.0 Å². The van der Waals surface area contributed by atoms with Gasteiger partial charge in [-0.2, -0.15) is 0 Å². The minimum Gasteiger partial charge on any atom is -0.394 e. The first-order valence-electron chi connectivity index (χ1n) is 6.92. The number of hydrogen-bond donors (Lipinski definition) is 1. The number of benzene rings is 1. The summed E-state index contributed by atoms with van der Waals surface area (Å²) in [6.07, 6.45) is 6.00. The number of amides is 1. The van der Waals surface area contributed by atoms with E-state index in [4.69, 9.17) is 11.6 Å². The molecular weight excluding hydrogens is 294 g/mol. The largest absolute Gasteiger partial charge is 0.394 e. The number of likely N-dealkylation sites (tertiary alicyclic amines) is 1. The van der Waals surface area contributed by atoms with Gasteiger partial charge in [0.15, 0.2) is 0 Å². The van der Waals surface area contributed by atoms with Crippen LogP contribution in [0.4, 0.5) is 0 Å². The van der Waals surface area contributed by atoms with Crippen LogP contribution in [-0.4, -0.2) is 41.4 Å². The third-order valence-electron chi connectivity index (χ3n) is 3.75. The van der Waals surface area contributed by atoms with Gasteiger partial charge in [-0.15, -0.1) is 11.8 Å². The predicted molar refractivity (Wildman–Crippen MR) is 83.6 cm³/mol. The van der Waals surface area contributed by atoms with E-state index in [0.29, 0.717) is 17.1 Å². The van der Waals surface area contributed by atoms with E-state index in [1.807, 2.05) is 18.4 Å². The highest BCUT2D eigenvalue weighted by molar-refractivity contribution is 7.98. The summed E-state index contributed by atoms with van der Waals surface area (Å²) < 4.78 is 0. The summed E-state index contributed by atoms with van der Waals surface area (Å²) in [5, 5.41) is 10.0. The van der Waals surface area contributed by atoms with E-state index in [0.717, 1.165) is 30.6 Å². The number of rotatable bonds is 3. The molecule has 1 aliphatic heterocycles. The fourth-order valence-corrected chi connectivity index (χ4v) is 3.22. The zero-order chi connectivity index (χ0) is 14.5. The summed E-state index contributed by atoms with van der Waals surface area (Å²) in [4.78, 5) is 15.5. The molecule has 1 aliphatic rings. The number of nitrogens with zero attached hydrogens (tertiary/aromatic N) is 1. The van der Waals surface area contributed by atoms with Gasteiger partial charge in [0.1, 0.15) is 0 Å². The first-order valence-corrected chi connectivity index (χ1v) is 8.53. The second-order valence-corrected chi connectivity index (χ2v) is 6.32. The second kappa shape index (κ2) is 7.34. The molecule has 0 spiro atoms. The van der Waals surface area contributed by atoms with Crippen molar-refractivity contribution < 1.29 is 9.90 Å². The van der Waals surface area contributed by atoms with Crippen LogP contribution in [0.15, 0.2) is 23.1 Å². The molecule has 1 atom stereocenters. The Bertz CT molecular complexity index is 481. The fraction of sp³-hybridized carbons (Fsp3) is 0.533. The van der Waals surface area contributed by atoms with Crippen LogP contribution in [0.5, 0.6) is 0 Å². The van der Waals surface area contributed by atoms with E-state index in [1.165, 1.54) is 0 Å². The molecule has 0 bridgehead atoms. The van der Waals surface area contributed by atoms with Gasteiger partial charge in [-0.1, -0.05) is 24.4 Å². The Morgan fingerprint density at radius 2 is 2.25 bits per heavy atom. The van der Waals surface area contributed by atoms with Crippen molar-refractivity contribution >= 4 is 29.3 Å². The van der Waals surface area contributed by atoms with Crippen molar-refractivity contribution in [1.29, 1.82) is 0 Å². The zero-order valence-electron chi connectivity index (χ0n) is 11.6. The highest BCUT2D eigenvalue weighted by Gasteiger charge is 2.27. The van der Waals surface area contributed by atoms with E-state index in [-0.39, 0.29) is 18.6 Å². The van der Waals surface area contributed by atoms with E-state index >= 15 is 0 Å². The summed E-state index contributed by atoms with van der Waals surface area (Å²) in [5.74, 6) is -0.0631. The Morgan fingerprint density at radius 1 is 1.45 bits per heavy atom. The highest BCUT2D eigenvalue weighted by Crippen LogP contribution is 2.26. The van der Waals surface area contributed by atoms with Crippen molar-refractivity contribution in [2.24, 2.45) is 0 Å². The van der Waals surface area contributed by atoms with E-state index in [2.05, 4.69) is 0 Å². The lowest BCUT2D eigenvalue weighted by Gasteiger charge is -2.29. The normalized spacial score (nSPS) is 19.8. The van der Waals surface area contributed by atoms with Crippen molar-refractivity contribution in [1.82, 2.24) is 4.90 Å². The fourth-order valence-electron chi connectivity index (χ4n) is 2.58. The van der Waals surface area contributed by atoms with Crippen LogP contribution in [0, 0.1) is 0 Å². The van der Waals surface area contributed by atoms with Gasteiger partial charge in [0.2, 0.25) is 0 Å². The van der Waals surface area contributed by atoms with Crippen molar-refractivity contribution in [3.63, 3.8) is 0 Å². The summed E-state index contributed by atoms with van der Waals surface area (Å²) in [6, 6.07) is 5.44. The number of halogens is 1. The number of carbonyl (C=O) groups is 1. The first kappa shape index (κ1) is 15.7. The SMILES string of the molecule is CSc1ccc(Cl)c(C(=O)N2CCCCCC2CO)c1. The molecule has 0 aromatic heterocycles. The van der Waals surface area contributed by atoms with E-state index in [1.54, 1.807) is 22.7 Å². The van der Waals surface area contributed by atoms with Crippen molar-refractivity contribution in [2.75, 3.05) is 19.4 Å². The van der Waals surface area contributed by atoms with E-state index in [9.17, 15) is 9.90 Å². The molecule has 1 saturated heterocycles. The lowest BCUT2D eigenvalue weighted by molar-refractivity contribution is 0.0599. The Morgan fingerprint density at radius 3 is 2.95 bits per heavy atom. The molecule has 5 heteroatoms. The number of hydrogen-bond acceptors (Lipinski definition) is 3. The van der Waals surface area contributed by atoms with Gasteiger partial charge in [0, 0.05) is 11.4 Å². The third-order valence-corrected chi connectivity index (χ3v) is 4.81. The van der Waals surface area contributed by atoms with Crippen molar-refractivity contribution in [3.8, 4) is 0 Å². The maximum Gasteiger partial charge on any atom is 0.255 e.